The van der Waals surface area contributed by atoms with Crippen molar-refractivity contribution < 1.29 is 4.79 Å². The molecule has 0 radical (unpaired) electrons. The van der Waals surface area contributed by atoms with Crippen molar-refractivity contribution in [1.82, 2.24) is 0 Å². The lowest BCUT2D eigenvalue weighted by atomic mass is 10.0. The highest BCUT2D eigenvalue weighted by atomic mass is 16.1. The highest BCUT2D eigenvalue weighted by Crippen LogP contribution is 2.13. The van der Waals surface area contributed by atoms with Crippen LogP contribution in [0.4, 0.5) is 5.69 Å². The van der Waals surface area contributed by atoms with Gasteiger partial charge in [-0.15, -0.1) is 0 Å². The summed E-state index contributed by atoms with van der Waals surface area (Å²) in [6.07, 6.45) is 0.749. The lowest BCUT2D eigenvalue weighted by Crippen LogP contribution is -2.09. The number of nitrogens with one attached hydrogen (secondary N) is 1. The Balaban J connectivity index is 1.99. The molecule has 3 nitrogen and oxygen atoms in total. The standard InChI is InChI=1S/C16H14N2O/c17-11-10-16(19)18-15-8-6-14(7-9-15)12-13-4-2-1-3-5-13/h1-9H,10,12H2,(H,18,19). The van der Waals surface area contributed by atoms with Gasteiger partial charge in [0.1, 0.15) is 6.42 Å². The first-order valence-electron chi connectivity index (χ1n) is 6.07. The minimum absolute atomic E-state index is 0.119. The quantitative estimate of drug-likeness (QED) is 0.906. The van der Waals surface area contributed by atoms with Crippen molar-refractivity contribution in [3.63, 3.8) is 0 Å². The van der Waals surface area contributed by atoms with Gasteiger partial charge in [-0.25, -0.2) is 0 Å². The number of hydrogen-bond acceptors (Lipinski definition) is 2. The molecule has 0 bridgehead atoms. The predicted octanol–water partition coefficient (Wildman–Crippen LogP) is 3.13. The molecule has 2 aromatic carbocycles. The summed E-state index contributed by atoms with van der Waals surface area (Å²) in [6.45, 7) is 0. The van der Waals surface area contributed by atoms with Gasteiger partial charge >= 0.3 is 0 Å². The van der Waals surface area contributed by atoms with Crippen molar-refractivity contribution in [2.75, 3.05) is 5.32 Å². The Hall–Kier alpha value is -2.60. The minimum Gasteiger partial charge on any atom is -0.325 e. The first-order valence-corrected chi connectivity index (χ1v) is 6.07. The highest BCUT2D eigenvalue weighted by Gasteiger charge is 2.01. The molecule has 0 aliphatic carbocycles. The zero-order valence-corrected chi connectivity index (χ0v) is 10.5. The van der Waals surface area contributed by atoms with Gasteiger partial charge in [-0.1, -0.05) is 42.5 Å². The number of amides is 1. The fourth-order valence-corrected chi connectivity index (χ4v) is 1.81. The lowest BCUT2D eigenvalue weighted by molar-refractivity contribution is -0.115. The SMILES string of the molecule is N#CCC(=O)Nc1ccc(Cc2ccccc2)cc1. The first-order chi connectivity index (χ1) is 9.28. The van der Waals surface area contributed by atoms with Crippen LogP contribution in [0.2, 0.25) is 0 Å². The third kappa shape index (κ3) is 3.97. The average Bonchev–Trinajstić information content (AvgIpc) is 2.42. The van der Waals surface area contributed by atoms with Crippen LogP contribution in [-0.2, 0) is 11.2 Å². The maximum absolute atomic E-state index is 11.3. The van der Waals surface area contributed by atoms with Crippen LogP contribution in [0.5, 0.6) is 0 Å². The number of anilines is 1. The zero-order chi connectivity index (χ0) is 13.5. The van der Waals surface area contributed by atoms with Gasteiger partial charge in [0.2, 0.25) is 5.91 Å². The van der Waals surface area contributed by atoms with E-state index in [1.54, 1.807) is 0 Å². The third-order valence-electron chi connectivity index (χ3n) is 2.73. The van der Waals surface area contributed by atoms with Crippen molar-refractivity contribution in [2.45, 2.75) is 12.8 Å². The molecule has 3 heteroatoms. The van der Waals surface area contributed by atoms with Crippen LogP contribution in [0, 0.1) is 11.3 Å². The molecule has 0 fully saturated rings. The minimum atomic E-state index is -0.279. The van der Waals surface area contributed by atoms with Crippen LogP contribution in [0.3, 0.4) is 0 Å². The molecule has 0 aliphatic heterocycles. The molecule has 0 spiro atoms. The largest absolute Gasteiger partial charge is 0.325 e. The maximum Gasteiger partial charge on any atom is 0.238 e. The molecule has 1 N–H and O–H groups in total. The molecule has 0 saturated heterocycles. The summed E-state index contributed by atoms with van der Waals surface area (Å²) in [4.78, 5) is 11.3. The fourth-order valence-electron chi connectivity index (χ4n) is 1.81. The second-order valence-electron chi connectivity index (χ2n) is 4.24. The zero-order valence-electron chi connectivity index (χ0n) is 10.5. The summed E-state index contributed by atoms with van der Waals surface area (Å²) in [5.74, 6) is -0.279. The Morgan fingerprint density at radius 3 is 2.26 bits per heavy atom. The summed E-state index contributed by atoms with van der Waals surface area (Å²) in [5, 5.41) is 11.1. The third-order valence-corrected chi connectivity index (χ3v) is 2.73. The number of hydrogen-bond donors (Lipinski definition) is 1. The van der Waals surface area contributed by atoms with Crippen LogP contribution in [0.1, 0.15) is 17.5 Å². The van der Waals surface area contributed by atoms with Gasteiger partial charge in [-0.2, -0.15) is 5.26 Å². The predicted molar refractivity (Wildman–Crippen MR) is 74.5 cm³/mol. The number of rotatable bonds is 4. The van der Waals surface area contributed by atoms with E-state index < -0.39 is 0 Å². The van der Waals surface area contributed by atoms with Crippen molar-refractivity contribution >= 4 is 11.6 Å². The molecular formula is C16H14N2O. The van der Waals surface area contributed by atoms with Gasteiger partial charge in [0.05, 0.1) is 6.07 Å². The van der Waals surface area contributed by atoms with E-state index in [-0.39, 0.29) is 12.3 Å². The topological polar surface area (TPSA) is 52.9 Å². The van der Waals surface area contributed by atoms with Crippen molar-refractivity contribution in [1.29, 1.82) is 5.26 Å². The van der Waals surface area contributed by atoms with E-state index in [0.29, 0.717) is 0 Å². The number of nitriles is 1. The number of carbonyl (C=O) groups excluding carboxylic acids is 1. The smallest absolute Gasteiger partial charge is 0.238 e. The summed E-state index contributed by atoms with van der Waals surface area (Å²) in [7, 11) is 0. The van der Waals surface area contributed by atoms with Crippen LogP contribution < -0.4 is 5.32 Å². The van der Waals surface area contributed by atoms with Gasteiger partial charge < -0.3 is 5.32 Å². The summed E-state index contributed by atoms with van der Waals surface area (Å²) >= 11 is 0. The van der Waals surface area contributed by atoms with Crippen LogP contribution >= 0.6 is 0 Å². The van der Waals surface area contributed by atoms with Crippen molar-refractivity contribution in [3.05, 3.63) is 65.7 Å². The number of benzene rings is 2. The number of carbonyl (C=O) groups is 1. The second-order valence-corrected chi connectivity index (χ2v) is 4.24. The van der Waals surface area contributed by atoms with E-state index in [9.17, 15) is 4.79 Å². The molecule has 0 saturated carbocycles. The van der Waals surface area contributed by atoms with Crippen LogP contribution in [-0.4, -0.2) is 5.91 Å². The highest BCUT2D eigenvalue weighted by molar-refractivity contribution is 5.91. The molecule has 2 rings (SSSR count). The summed E-state index contributed by atoms with van der Waals surface area (Å²) in [5.41, 5.74) is 3.16. The molecule has 0 heterocycles. The molecule has 0 aliphatic rings. The Morgan fingerprint density at radius 2 is 1.63 bits per heavy atom. The molecule has 94 valence electrons. The van der Waals surface area contributed by atoms with Gasteiger partial charge in [0.25, 0.3) is 0 Å². The van der Waals surface area contributed by atoms with Crippen molar-refractivity contribution in [2.24, 2.45) is 0 Å². The van der Waals surface area contributed by atoms with Crippen LogP contribution in [0.25, 0.3) is 0 Å². The summed E-state index contributed by atoms with van der Waals surface area (Å²) < 4.78 is 0. The maximum atomic E-state index is 11.3. The second kappa shape index (κ2) is 6.36. The molecule has 0 unspecified atom stereocenters. The lowest BCUT2D eigenvalue weighted by Gasteiger charge is -2.05. The van der Waals surface area contributed by atoms with Crippen LogP contribution in [0.15, 0.2) is 54.6 Å². The van der Waals surface area contributed by atoms with Gasteiger partial charge in [-0.05, 0) is 29.7 Å². The fraction of sp³-hybridized carbons (Fsp3) is 0.125. The van der Waals surface area contributed by atoms with E-state index >= 15 is 0 Å². The average molecular weight is 250 g/mol. The number of nitrogens with zero attached hydrogens (tertiary/aromatic N) is 1. The monoisotopic (exact) mass is 250 g/mol. The Kier molecular flexibility index (Phi) is 4.30. The molecular weight excluding hydrogens is 236 g/mol. The van der Waals surface area contributed by atoms with E-state index in [1.165, 1.54) is 11.1 Å². The Bertz CT molecular complexity index is 582. The van der Waals surface area contributed by atoms with Gasteiger partial charge in [-0.3, -0.25) is 4.79 Å². The van der Waals surface area contributed by atoms with E-state index in [2.05, 4.69) is 17.4 Å². The molecule has 0 aromatic heterocycles. The molecule has 1 amide bonds. The molecule has 0 atom stereocenters. The first kappa shape index (κ1) is 12.8. The van der Waals surface area contributed by atoms with Crippen molar-refractivity contribution in [3.8, 4) is 6.07 Å². The Labute approximate surface area is 112 Å². The van der Waals surface area contributed by atoms with Gasteiger partial charge in [0.15, 0.2) is 0 Å². The molecule has 2 aromatic rings. The summed E-state index contributed by atoms with van der Waals surface area (Å²) in [6, 6.07) is 19.7. The van der Waals surface area contributed by atoms with Gasteiger partial charge in [0, 0.05) is 5.69 Å². The van der Waals surface area contributed by atoms with E-state index in [0.717, 1.165) is 12.1 Å². The molecule has 19 heavy (non-hydrogen) atoms. The normalized spacial score (nSPS) is 9.63. The Morgan fingerprint density at radius 1 is 1.00 bits per heavy atom. The van der Waals surface area contributed by atoms with E-state index in [1.807, 2.05) is 48.5 Å². The van der Waals surface area contributed by atoms with E-state index in [4.69, 9.17) is 5.26 Å².